The van der Waals surface area contributed by atoms with Crippen LogP contribution >= 0.6 is 0 Å². The highest BCUT2D eigenvalue weighted by Gasteiger charge is 2.13. The predicted octanol–water partition coefficient (Wildman–Crippen LogP) is 4.60. The maximum Gasteiger partial charge on any atom is 0.150 e. The Morgan fingerprint density at radius 2 is 1.43 bits per heavy atom. The number of fused-ring (bicyclic) bond motifs is 3. The average molecular weight is 271 g/mol. The van der Waals surface area contributed by atoms with E-state index < -0.39 is 0 Å². The van der Waals surface area contributed by atoms with Gasteiger partial charge in [-0.05, 0) is 24.3 Å². The molecule has 3 aromatic carbocycles. The number of para-hydroxylation sites is 2. The van der Waals surface area contributed by atoms with Crippen molar-refractivity contribution in [2.24, 2.45) is 0 Å². The maximum atomic E-state index is 11.4. The molecule has 0 unspecified atom stereocenters. The van der Waals surface area contributed by atoms with Gasteiger partial charge in [0.1, 0.15) is 0 Å². The molecule has 0 aliphatic rings. The Hall–Kier alpha value is -2.87. The number of hydrogen-bond acceptors (Lipinski definition) is 1. The molecule has 0 N–H and O–H groups in total. The van der Waals surface area contributed by atoms with Crippen LogP contribution in [-0.4, -0.2) is 10.9 Å². The first-order valence-electron chi connectivity index (χ1n) is 6.93. The molecule has 1 aromatic heterocycles. The Morgan fingerprint density at radius 1 is 0.714 bits per heavy atom. The van der Waals surface area contributed by atoms with Crippen LogP contribution in [0.4, 0.5) is 0 Å². The van der Waals surface area contributed by atoms with Crippen LogP contribution in [0.15, 0.2) is 72.8 Å². The molecular weight excluding hydrogens is 258 g/mol. The second-order valence-corrected chi connectivity index (χ2v) is 5.05. The quantitative estimate of drug-likeness (QED) is 0.488. The zero-order valence-corrected chi connectivity index (χ0v) is 11.4. The van der Waals surface area contributed by atoms with E-state index in [0.717, 1.165) is 39.3 Å². The van der Waals surface area contributed by atoms with E-state index in [1.165, 1.54) is 0 Å². The van der Waals surface area contributed by atoms with E-state index in [-0.39, 0.29) is 0 Å². The van der Waals surface area contributed by atoms with Gasteiger partial charge in [-0.1, -0.05) is 48.5 Å². The molecule has 2 heteroatoms. The van der Waals surface area contributed by atoms with Gasteiger partial charge in [-0.15, -0.1) is 0 Å². The lowest BCUT2D eigenvalue weighted by Gasteiger charge is -2.07. The Morgan fingerprint density at radius 3 is 2.24 bits per heavy atom. The highest BCUT2D eigenvalue weighted by molar-refractivity contribution is 6.15. The van der Waals surface area contributed by atoms with Gasteiger partial charge < -0.3 is 4.57 Å². The molecule has 0 aliphatic heterocycles. The van der Waals surface area contributed by atoms with E-state index in [1.807, 2.05) is 42.5 Å². The van der Waals surface area contributed by atoms with Crippen LogP contribution in [0.3, 0.4) is 0 Å². The fraction of sp³-hybridized carbons (Fsp3) is 0. The van der Waals surface area contributed by atoms with Crippen molar-refractivity contribution < 1.29 is 4.79 Å². The molecule has 0 saturated carbocycles. The van der Waals surface area contributed by atoms with Crippen molar-refractivity contribution in [3.05, 3.63) is 78.4 Å². The van der Waals surface area contributed by atoms with Crippen molar-refractivity contribution in [2.45, 2.75) is 0 Å². The molecule has 0 bridgehead atoms. The largest absolute Gasteiger partial charge is 0.309 e. The van der Waals surface area contributed by atoms with Crippen LogP contribution in [0, 0.1) is 0 Å². The number of rotatable bonds is 2. The van der Waals surface area contributed by atoms with E-state index in [9.17, 15) is 4.79 Å². The van der Waals surface area contributed by atoms with Gasteiger partial charge >= 0.3 is 0 Å². The second-order valence-electron chi connectivity index (χ2n) is 5.05. The van der Waals surface area contributed by atoms with Crippen LogP contribution in [0.2, 0.25) is 0 Å². The van der Waals surface area contributed by atoms with Gasteiger partial charge in [-0.3, -0.25) is 4.79 Å². The summed E-state index contributed by atoms with van der Waals surface area (Å²) in [4.78, 5) is 11.4. The summed E-state index contributed by atoms with van der Waals surface area (Å²) in [5, 5.41) is 2.13. The summed E-state index contributed by atoms with van der Waals surface area (Å²) in [6.45, 7) is 0. The summed E-state index contributed by atoms with van der Waals surface area (Å²) in [5.74, 6) is 0. The molecular formula is C19H13NO. The third-order valence-corrected chi connectivity index (χ3v) is 3.87. The molecule has 0 radical (unpaired) electrons. The molecule has 0 spiro atoms. The SMILES string of the molecule is O=Cc1cccc2c1c1ccccc1n2-c1ccccc1. The minimum absolute atomic E-state index is 0.735. The first-order chi connectivity index (χ1) is 10.4. The highest BCUT2D eigenvalue weighted by Crippen LogP contribution is 2.33. The molecule has 4 rings (SSSR count). The van der Waals surface area contributed by atoms with Gasteiger partial charge in [-0.25, -0.2) is 0 Å². The summed E-state index contributed by atoms with van der Waals surface area (Å²) in [5.41, 5.74) is 4.02. The first kappa shape index (κ1) is 11.9. The third kappa shape index (κ3) is 1.69. The van der Waals surface area contributed by atoms with Crippen LogP contribution < -0.4 is 0 Å². The Kier molecular flexibility index (Phi) is 2.61. The van der Waals surface area contributed by atoms with Crippen molar-refractivity contribution in [2.75, 3.05) is 0 Å². The van der Waals surface area contributed by atoms with E-state index in [4.69, 9.17) is 0 Å². The number of aldehydes is 1. The van der Waals surface area contributed by atoms with Crippen molar-refractivity contribution in [3.8, 4) is 5.69 Å². The van der Waals surface area contributed by atoms with E-state index in [0.29, 0.717) is 0 Å². The fourth-order valence-electron chi connectivity index (χ4n) is 3.00. The smallest absolute Gasteiger partial charge is 0.150 e. The molecule has 0 fully saturated rings. The fourth-order valence-corrected chi connectivity index (χ4v) is 3.00. The lowest BCUT2D eigenvalue weighted by atomic mass is 10.1. The molecule has 0 saturated heterocycles. The molecule has 0 aliphatic carbocycles. The molecule has 21 heavy (non-hydrogen) atoms. The Balaban J connectivity index is 2.26. The summed E-state index contributed by atoms with van der Waals surface area (Å²) < 4.78 is 2.21. The monoisotopic (exact) mass is 271 g/mol. The number of hydrogen-bond donors (Lipinski definition) is 0. The topological polar surface area (TPSA) is 22.0 Å². The predicted molar refractivity (Wildman–Crippen MR) is 86.2 cm³/mol. The summed E-state index contributed by atoms with van der Waals surface area (Å²) in [7, 11) is 0. The lowest BCUT2D eigenvalue weighted by molar-refractivity contribution is 0.112. The zero-order chi connectivity index (χ0) is 14.2. The summed E-state index contributed by atoms with van der Waals surface area (Å²) >= 11 is 0. The van der Waals surface area contributed by atoms with Crippen LogP contribution in [0.5, 0.6) is 0 Å². The van der Waals surface area contributed by atoms with Gasteiger partial charge in [0.05, 0.1) is 11.0 Å². The number of nitrogens with zero attached hydrogens (tertiary/aromatic N) is 1. The number of aromatic nitrogens is 1. The molecule has 2 nitrogen and oxygen atoms in total. The molecule has 0 amide bonds. The van der Waals surface area contributed by atoms with Gasteiger partial charge in [-0.2, -0.15) is 0 Å². The van der Waals surface area contributed by atoms with Crippen molar-refractivity contribution >= 4 is 28.1 Å². The lowest BCUT2D eigenvalue weighted by Crippen LogP contribution is -1.93. The molecule has 1 heterocycles. The van der Waals surface area contributed by atoms with E-state index >= 15 is 0 Å². The van der Waals surface area contributed by atoms with Gasteiger partial charge in [0.25, 0.3) is 0 Å². The second kappa shape index (κ2) is 4.60. The summed E-state index contributed by atoms with van der Waals surface area (Å²) in [6.07, 6.45) is 0.935. The third-order valence-electron chi connectivity index (χ3n) is 3.87. The van der Waals surface area contributed by atoms with Crippen LogP contribution in [-0.2, 0) is 0 Å². The Labute approximate surface area is 122 Å². The van der Waals surface area contributed by atoms with Crippen molar-refractivity contribution in [1.82, 2.24) is 4.57 Å². The standard InChI is InChI=1S/C19H13NO/c21-13-14-7-6-12-18-19(14)16-10-4-5-11-17(16)20(18)15-8-2-1-3-9-15/h1-13H. The number of benzene rings is 3. The van der Waals surface area contributed by atoms with Crippen LogP contribution in [0.25, 0.3) is 27.5 Å². The first-order valence-corrected chi connectivity index (χ1v) is 6.93. The zero-order valence-electron chi connectivity index (χ0n) is 11.4. The van der Waals surface area contributed by atoms with Gasteiger partial charge in [0, 0.05) is 22.0 Å². The van der Waals surface area contributed by atoms with Gasteiger partial charge in [0.15, 0.2) is 6.29 Å². The number of carbonyl (C=O) groups excluding carboxylic acids is 1. The molecule has 0 atom stereocenters. The van der Waals surface area contributed by atoms with E-state index in [2.05, 4.69) is 34.9 Å². The maximum absolute atomic E-state index is 11.4. The summed E-state index contributed by atoms with van der Waals surface area (Å²) in [6, 6.07) is 24.3. The minimum Gasteiger partial charge on any atom is -0.309 e. The van der Waals surface area contributed by atoms with E-state index in [1.54, 1.807) is 0 Å². The van der Waals surface area contributed by atoms with Gasteiger partial charge in [0.2, 0.25) is 0 Å². The average Bonchev–Trinajstić information content (AvgIpc) is 2.90. The van der Waals surface area contributed by atoms with Crippen molar-refractivity contribution in [1.29, 1.82) is 0 Å². The Bertz CT molecular complexity index is 951. The minimum atomic E-state index is 0.735. The molecule has 100 valence electrons. The van der Waals surface area contributed by atoms with Crippen LogP contribution in [0.1, 0.15) is 10.4 Å². The normalized spacial score (nSPS) is 11.0. The number of carbonyl (C=O) groups is 1. The highest BCUT2D eigenvalue weighted by atomic mass is 16.1. The van der Waals surface area contributed by atoms with Crippen molar-refractivity contribution in [3.63, 3.8) is 0 Å². The molecule has 4 aromatic rings.